The zero-order valence-electron chi connectivity index (χ0n) is 16.0. The Morgan fingerprint density at radius 2 is 2.00 bits per heavy atom. The molecular formula is C18H24N6O4. The molecule has 1 aliphatic heterocycles. The third-order valence-corrected chi connectivity index (χ3v) is 3.97. The Bertz CT molecular complexity index is 797. The summed E-state index contributed by atoms with van der Waals surface area (Å²) in [7, 11) is 1.49. The van der Waals surface area contributed by atoms with E-state index in [2.05, 4.69) is 25.6 Å². The smallest absolute Gasteiger partial charge is 0.321 e. The Morgan fingerprint density at radius 3 is 2.75 bits per heavy atom. The van der Waals surface area contributed by atoms with Gasteiger partial charge in [-0.05, 0) is 19.1 Å². The molecule has 10 heteroatoms. The van der Waals surface area contributed by atoms with Crippen molar-refractivity contribution in [2.24, 2.45) is 0 Å². The molecule has 0 aliphatic carbocycles. The molecule has 0 radical (unpaired) electrons. The van der Waals surface area contributed by atoms with Gasteiger partial charge in [0.05, 0.1) is 39.2 Å². The van der Waals surface area contributed by atoms with E-state index in [9.17, 15) is 4.79 Å². The van der Waals surface area contributed by atoms with E-state index in [1.54, 1.807) is 12.1 Å². The number of carbonyl (C=O) groups excluding carboxylic acids is 1. The Hall–Kier alpha value is -3.14. The fraction of sp³-hybridized carbons (Fsp3) is 0.444. The first-order valence-electron chi connectivity index (χ1n) is 9.08. The number of methoxy groups -OCH3 is 1. The highest BCUT2D eigenvalue weighted by Gasteiger charge is 2.17. The van der Waals surface area contributed by atoms with Crippen LogP contribution in [0, 0.1) is 0 Å². The van der Waals surface area contributed by atoms with Crippen molar-refractivity contribution in [1.82, 2.24) is 20.3 Å². The Balaban J connectivity index is 1.64. The number of morpholine rings is 1. The minimum absolute atomic E-state index is 0.124. The molecular weight excluding hydrogens is 364 g/mol. The molecule has 1 fully saturated rings. The molecule has 2 N–H and O–H groups in total. The average Bonchev–Trinajstić information content (AvgIpc) is 2.74. The summed E-state index contributed by atoms with van der Waals surface area (Å²) in [6.07, 6.45) is 0. The van der Waals surface area contributed by atoms with Crippen LogP contribution in [0.2, 0.25) is 0 Å². The van der Waals surface area contributed by atoms with E-state index in [-0.39, 0.29) is 18.6 Å². The molecule has 150 valence electrons. The van der Waals surface area contributed by atoms with Crippen LogP contribution in [-0.4, -0.2) is 61.0 Å². The highest BCUT2D eigenvalue weighted by atomic mass is 16.5. The van der Waals surface area contributed by atoms with Crippen LogP contribution < -0.4 is 25.0 Å². The maximum atomic E-state index is 12.3. The summed E-state index contributed by atoms with van der Waals surface area (Å²) in [5.41, 5.74) is 0.587. The van der Waals surface area contributed by atoms with Gasteiger partial charge in [-0.1, -0.05) is 12.1 Å². The number of carbonyl (C=O) groups is 1. The number of para-hydroxylation sites is 2. The Labute approximate surface area is 163 Å². The molecule has 1 aliphatic rings. The van der Waals surface area contributed by atoms with Gasteiger partial charge < -0.3 is 29.7 Å². The predicted molar refractivity (Wildman–Crippen MR) is 103 cm³/mol. The van der Waals surface area contributed by atoms with Gasteiger partial charge in [-0.3, -0.25) is 0 Å². The molecule has 0 spiro atoms. The summed E-state index contributed by atoms with van der Waals surface area (Å²) in [5, 5.41) is 5.51. The van der Waals surface area contributed by atoms with Crippen molar-refractivity contribution >= 4 is 17.7 Å². The highest BCUT2D eigenvalue weighted by molar-refractivity contribution is 5.90. The van der Waals surface area contributed by atoms with Crippen molar-refractivity contribution in [3.8, 4) is 11.8 Å². The number of amides is 2. The maximum Gasteiger partial charge on any atom is 0.321 e. The molecule has 0 bridgehead atoms. The molecule has 28 heavy (non-hydrogen) atoms. The van der Waals surface area contributed by atoms with Gasteiger partial charge in [-0.25, -0.2) is 4.79 Å². The second-order valence-corrected chi connectivity index (χ2v) is 5.87. The van der Waals surface area contributed by atoms with Crippen LogP contribution in [0.1, 0.15) is 12.7 Å². The van der Waals surface area contributed by atoms with Gasteiger partial charge in [0.1, 0.15) is 5.75 Å². The fourth-order valence-electron chi connectivity index (χ4n) is 2.64. The molecule has 1 aromatic heterocycles. The number of benzene rings is 1. The molecule has 3 rings (SSSR count). The SMILES string of the molecule is CCOc1ccccc1NC(=O)NCc1nc(OC)nc(N2CCOCC2)n1. The van der Waals surface area contributed by atoms with Gasteiger partial charge in [0.2, 0.25) is 5.95 Å². The molecule has 10 nitrogen and oxygen atoms in total. The number of hydrogen-bond acceptors (Lipinski definition) is 8. The van der Waals surface area contributed by atoms with Crippen molar-refractivity contribution in [3.05, 3.63) is 30.1 Å². The Morgan fingerprint density at radius 1 is 1.21 bits per heavy atom. The molecule has 2 amide bonds. The number of aromatic nitrogens is 3. The van der Waals surface area contributed by atoms with Crippen molar-refractivity contribution in [2.45, 2.75) is 13.5 Å². The average molecular weight is 388 g/mol. The van der Waals surface area contributed by atoms with Crippen molar-refractivity contribution < 1.29 is 19.0 Å². The van der Waals surface area contributed by atoms with Gasteiger partial charge in [0.15, 0.2) is 5.82 Å². The maximum absolute atomic E-state index is 12.3. The summed E-state index contributed by atoms with van der Waals surface area (Å²) in [6, 6.07) is 7.05. The zero-order chi connectivity index (χ0) is 19.8. The Kier molecular flexibility index (Phi) is 6.79. The second kappa shape index (κ2) is 9.70. The van der Waals surface area contributed by atoms with Gasteiger partial charge in [-0.2, -0.15) is 15.0 Å². The lowest BCUT2D eigenvalue weighted by Gasteiger charge is -2.26. The highest BCUT2D eigenvalue weighted by Crippen LogP contribution is 2.23. The lowest BCUT2D eigenvalue weighted by Crippen LogP contribution is -2.38. The van der Waals surface area contributed by atoms with E-state index < -0.39 is 0 Å². The van der Waals surface area contributed by atoms with E-state index >= 15 is 0 Å². The standard InChI is InChI=1S/C18H24N6O4/c1-3-28-14-7-5-4-6-13(14)20-17(25)19-12-15-21-16(23-18(22-15)26-2)24-8-10-27-11-9-24/h4-7H,3,8-12H2,1-2H3,(H2,19,20,25). The summed E-state index contributed by atoms with van der Waals surface area (Å²) >= 11 is 0. The third-order valence-electron chi connectivity index (χ3n) is 3.97. The molecule has 0 unspecified atom stereocenters. The molecule has 0 saturated carbocycles. The number of rotatable bonds is 7. The summed E-state index contributed by atoms with van der Waals surface area (Å²) in [5.74, 6) is 1.52. The minimum Gasteiger partial charge on any atom is -0.492 e. The first-order chi connectivity index (χ1) is 13.7. The molecule has 1 saturated heterocycles. The van der Waals surface area contributed by atoms with Crippen LogP contribution in [-0.2, 0) is 11.3 Å². The van der Waals surface area contributed by atoms with Gasteiger partial charge >= 0.3 is 12.0 Å². The lowest BCUT2D eigenvalue weighted by molar-refractivity contribution is 0.122. The monoisotopic (exact) mass is 388 g/mol. The van der Waals surface area contributed by atoms with E-state index in [4.69, 9.17) is 14.2 Å². The van der Waals surface area contributed by atoms with Crippen LogP contribution in [0.4, 0.5) is 16.4 Å². The number of hydrogen-bond donors (Lipinski definition) is 2. The topological polar surface area (TPSA) is 111 Å². The van der Waals surface area contributed by atoms with Crippen molar-refractivity contribution in [2.75, 3.05) is 50.2 Å². The molecule has 2 aromatic rings. The van der Waals surface area contributed by atoms with Crippen LogP contribution in [0.3, 0.4) is 0 Å². The van der Waals surface area contributed by atoms with Crippen LogP contribution in [0.15, 0.2) is 24.3 Å². The van der Waals surface area contributed by atoms with Crippen molar-refractivity contribution in [3.63, 3.8) is 0 Å². The minimum atomic E-state index is -0.389. The van der Waals surface area contributed by atoms with Gasteiger partial charge in [0.25, 0.3) is 0 Å². The van der Waals surface area contributed by atoms with Crippen LogP contribution >= 0.6 is 0 Å². The van der Waals surface area contributed by atoms with Crippen LogP contribution in [0.25, 0.3) is 0 Å². The first-order valence-corrected chi connectivity index (χ1v) is 9.08. The summed E-state index contributed by atoms with van der Waals surface area (Å²) in [4.78, 5) is 27.2. The first kappa shape index (κ1) is 19.6. The quantitative estimate of drug-likeness (QED) is 0.733. The number of nitrogens with one attached hydrogen (secondary N) is 2. The number of ether oxygens (including phenoxy) is 3. The predicted octanol–water partition coefficient (Wildman–Crippen LogP) is 1.44. The van der Waals surface area contributed by atoms with E-state index in [1.807, 2.05) is 24.0 Å². The normalized spacial score (nSPS) is 13.7. The number of anilines is 2. The second-order valence-electron chi connectivity index (χ2n) is 5.87. The molecule has 0 atom stereocenters. The largest absolute Gasteiger partial charge is 0.492 e. The third kappa shape index (κ3) is 5.19. The van der Waals surface area contributed by atoms with Crippen LogP contribution in [0.5, 0.6) is 11.8 Å². The molecule has 2 heterocycles. The lowest BCUT2D eigenvalue weighted by atomic mass is 10.3. The fourth-order valence-corrected chi connectivity index (χ4v) is 2.64. The van der Waals surface area contributed by atoms with E-state index in [0.29, 0.717) is 56.1 Å². The summed E-state index contributed by atoms with van der Waals surface area (Å²) in [6.45, 7) is 5.13. The number of nitrogens with zero attached hydrogens (tertiary/aromatic N) is 4. The van der Waals surface area contributed by atoms with E-state index in [1.165, 1.54) is 7.11 Å². The zero-order valence-corrected chi connectivity index (χ0v) is 16.0. The molecule has 1 aromatic carbocycles. The van der Waals surface area contributed by atoms with Gasteiger partial charge in [-0.15, -0.1) is 0 Å². The van der Waals surface area contributed by atoms with Gasteiger partial charge in [0, 0.05) is 13.1 Å². The summed E-state index contributed by atoms with van der Waals surface area (Å²) < 4.78 is 16.0. The number of urea groups is 1. The van der Waals surface area contributed by atoms with Crippen molar-refractivity contribution in [1.29, 1.82) is 0 Å². The van der Waals surface area contributed by atoms with E-state index in [0.717, 1.165) is 0 Å².